The summed E-state index contributed by atoms with van der Waals surface area (Å²) in [4.78, 5) is 21.8. The monoisotopic (exact) mass is 336 g/mol. The van der Waals surface area contributed by atoms with Gasteiger partial charge in [0, 0.05) is 51.1 Å². The molecule has 2 rings (SSSR count). The van der Waals surface area contributed by atoms with Crippen molar-refractivity contribution in [3.8, 4) is 0 Å². The van der Waals surface area contributed by atoms with Gasteiger partial charge in [0.1, 0.15) is 0 Å². The predicted octanol–water partition coefficient (Wildman–Crippen LogP) is 2.20. The number of nitrogens with zero attached hydrogens (tertiary/aromatic N) is 3. The lowest BCUT2D eigenvalue weighted by Gasteiger charge is -2.22. The van der Waals surface area contributed by atoms with Crippen molar-refractivity contribution < 1.29 is 4.79 Å². The molecule has 1 aromatic heterocycles. The van der Waals surface area contributed by atoms with Crippen LogP contribution in [0.3, 0.4) is 0 Å². The van der Waals surface area contributed by atoms with Crippen LogP contribution < -0.4 is 5.32 Å². The van der Waals surface area contributed by atoms with Crippen molar-refractivity contribution in [2.24, 2.45) is 4.99 Å². The number of guanidine groups is 1. The fourth-order valence-electron chi connectivity index (χ4n) is 2.70. The number of nitrogens with one attached hydrogen (secondary N) is 1. The van der Waals surface area contributed by atoms with E-state index in [9.17, 15) is 4.79 Å². The van der Waals surface area contributed by atoms with Gasteiger partial charge < -0.3 is 15.1 Å². The third kappa shape index (κ3) is 5.86. The van der Waals surface area contributed by atoms with Gasteiger partial charge in [0.2, 0.25) is 5.91 Å². The minimum Gasteiger partial charge on any atom is -0.357 e. The van der Waals surface area contributed by atoms with Crippen molar-refractivity contribution in [2.75, 3.05) is 39.8 Å². The number of carbonyl (C=O) groups excluding carboxylic acids is 1. The van der Waals surface area contributed by atoms with E-state index < -0.39 is 0 Å². The predicted molar refractivity (Wildman–Crippen MR) is 97.1 cm³/mol. The van der Waals surface area contributed by atoms with Crippen LogP contribution in [0.25, 0.3) is 0 Å². The van der Waals surface area contributed by atoms with Crippen LogP contribution in [0.2, 0.25) is 0 Å². The zero-order valence-electron chi connectivity index (χ0n) is 14.3. The second kappa shape index (κ2) is 9.55. The molecule has 128 valence electrons. The molecule has 1 amide bonds. The minimum absolute atomic E-state index is 0.300. The molecule has 2 heterocycles. The highest BCUT2D eigenvalue weighted by molar-refractivity contribution is 7.09. The third-order valence-electron chi connectivity index (χ3n) is 3.99. The zero-order valence-corrected chi connectivity index (χ0v) is 15.1. The quantitative estimate of drug-likeness (QED) is 0.450. The second-order valence-electron chi connectivity index (χ2n) is 5.82. The topological polar surface area (TPSA) is 47.9 Å². The molecule has 1 N–H and O–H groups in total. The minimum atomic E-state index is 0.300. The van der Waals surface area contributed by atoms with Crippen molar-refractivity contribution >= 4 is 23.2 Å². The van der Waals surface area contributed by atoms with Crippen LogP contribution in [-0.4, -0.2) is 61.4 Å². The first kappa shape index (κ1) is 17.8. The van der Waals surface area contributed by atoms with Crippen LogP contribution in [0.1, 0.15) is 31.1 Å². The molecule has 1 aliphatic heterocycles. The summed E-state index contributed by atoms with van der Waals surface area (Å²) in [5.74, 6) is 1.26. The lowest BCUT2D eigenvalue weighted by atomic mass is 10.3. The summed E-state index contributed by atoms with van der Waals surface area (Å²) in [6.45, 7) is 6.43. The highest BCUT2D eigenvalue weighted by Crippen LogP contribution is 2.10. The van der Waals surface area contributed by atoms with E-state index in [-0.39, 0.29) is 0 Å². The summed E-state index contributed by atoms with van der Waals surface area (Å²) in [6.07, 6.45) is 3.70. The Hall–Kier alpha value is -1.56. The lowest BCUT2D eigenvalue weighted by molar-refractivity contribution is -0.127. The molecular weight excluding hydrogens is 308 g/mol. The second-order valence-corrected chi connectivity index (χ2v) is 6.86. The van der Waals surface area contributed by atoms with Gasteiger partial charge in [-0.05, 0) is 37.6 Å². The molecule has 0 bridgehead atoms. The summed E-state index contributed by atoms with van der Waals surface area (Å²) < 4.78 is 0. The first-order valence-electron chi connectivity index (χ1n) is 8.50. The number of hydrogen-bond donors (Lipinski definition) is 1. The molecule has 0 atom stereocenters. The van der Waals surface area contributed by atoms with Gasteiger partial charge in [-0.2, -0.15) is 0 Å². The Morgan fingerprint density at radius 1 is 1.52 bits per heavy atom. The van der Waals surface area contributed by atoms with Crippen molar-refractivity contribution in [3.63, 3.8) is 0 Å². The average molecular weight is 337 g/mol. The van der Waals surface area contributed by atoms with Crippen LogP contribution >= 0.6 is 11.3 Å². The number of thiophene rings is 1. The van der Waals surface area contributed by atoms with E-state index >= 15 is 0 Å². The molecule has 1 saturated heterocycles. The SMILES string of the molecule is CCNC(=NCCCN1CCCC1=O)N(C)CCc1cccs1. The molecule has 6 heteroatoms. The summed E-state index contributed by atoms with van der Waals surface area (Å²) in [7, 11) is 2.08. The first-order chi connectivity index (χ1) is 11.2. The van der Waals surface area contributed by atoms with Gasteiger partial charge in [-0.15, -0.1) is 11.3 Å². The largest absolute Gasteiger partial charge is 0.357 e. The van der Waals surface area contributed by atoms with E-state index in [1.54, 1.807) is 11.3 Å². The molecule has 0 spiro atoms. The summed E-state index contributed by atoms with van der Waals surface area (Å²) in [5, 5.41) is 5.47. The highest BCUT2D eigenvalue weighted by Gasteiger charge is 2.18. The number of aliphatic imine (C=N–C) groups is 1. The number of likely N-dealkylation sites (tertiary alicyclic amines) is 1. The molecular formula is C17H28N4OS. The number of rotatable bonds is 8. The van der Waals surface area contributed by atoms with Crippen LogP contribution in [0.4, 0.5) is 0 Å². The van der Waals surface area contributed by atoms with Gasteiger partial charge in [-0.25, -0.2) is 0 Å². The van der Waals surface area contributed by atoms with Gasteiger partial charge in [0.15, 0.2) is 5.96 Å². The average Bonchev–Trinajstić information content (AvgIpc) is 3.20. The molecule has 0 saturated carbocycles. The van der Waals surface area contributed by atoms with Crippen molar-refractivity contribution in [3.05, 3.63) is 22.4 Å². The first-order valence-corrected chi connectivity index (χ1v) is 9.38. The fraction of sp³-hybridized carbons (Fsp3) is 0.647. The molecule has 1 fully saturated rings. The fourth-order valence-corrected chi connectivity index (χ4v) is 3.39. The van der Waals surface area contributed by atoms with Gasteiger partial charge in [0.05, 0.1) is 0 Å². The summed E-state index contributed by atoms with van der Waals surface area (Å²) in [6, 6.07) is 4.27. The van der Waals surface area contributed by atoms with Gasteiger partial charge in [-0.1, -0.05) is 6.07 Å². The maximum absolute atomic E-state index is 11.6. The van der Waals surface area contributed by atoms with Gasteiger partial charge in [0.25, 0.3) is 0 Å². The zero-order chi connectivity index (χ0) is 16.5. The Kier molecular flexibility index (Phi) is 7.39. The summed E-state index contributed by atoms with van der Waals surface area (Å²) >= 11 is 1.80. The molecule has 0 unspecified atom stereocenters. The number of hydrogen-bond acceptors (Lipinski definition) is 3. The lowest BCUT2D eigenvalue weighted by Crippen LogP contribution is -2.40. The van der Waals surface area contributed by atoms with Crippen molar-refractivity contribution in [1.82, 2.24) is 15.1 Å². The molecule has 0 aliphatic carbocycles. The van der Waals surface area contributed by atoms with Gasteiger partial charge in [-0.3, -0.25) is 9.79 Å². The third-order valence-corrected chi connectivity index (χ3v) is 4.93. The van der Waals surface area contributed by atoms with E-state index in [2.05, 4.69) is 41.7 Å². The van der Waals surface area contributed by atoms with E-state index in [0.29, 0.717) is 5.91 Å². The normalized spacial score (nSPS) is 15.3. The number of amides is 1. The maximum Gasteiger partial charge on any atom is 0.222 e. The van der Waals surface area contributed by atoms with Crippen LogP contribution in [0.15, 0.2) is 22.5 Å². The van der Waals surface area contributed by atoms with Crippen molar-refractivity contribution in [2.45, 2.75) is 32.6 Å². The molecule has 1 aromatic rings. The van der Waals surface area contributed by atoms with Crippen molar-refractivity contribution in [1.29, 1.82) is 0 Å². The van der Waals surface area contributed by atoms with E-state index in [4.69, 9.17) is 4.99 Å². The van der Waals surface area contributed by atoms with E-state index in [0.717, 1.165) is 64.4 Å². The van der Waals surface area contributed by atoms with Crippen LogP contribution in [0.5, 0.6) is 0 Å². The Bertz CT molecular complexity index is 501. The molecule has 23 heavy (non-hydrogen) atoms. The van der Waals surface area contributed by atoms with Crippen LogP contribution in [0, 0.1) is 0 Å². The summed E-state index contributed by atoms with van der Waals surface area (Å²) in [5.41, 5.74) is 0. The smallest absolute Gasteiger partial charge is 0.222 e. The Balaban J connectivity index is 1.75. The standard InChI is InChI=1S/C17H28N4OS/c1-3-18-17(20(2)13-9-15-7-5-14-23-15)19-10-6-12-21-11-4-8-16(21)22/h5,7,14H,3-4,6,8-13H2,1-2H3,(H,18,19). The molecule has 0 aromatic carbocycles. The Labute approximate surface area is 143 Å². The van der Waals surface area contributed by atoms with Crippen LogP contribution in [-0.2, 0) is 11.2 Å². The molecule has 1 aliphatic rings. The van der Waals surface area contributed by atoms with Gasteiger partial charge >= 0.3 is 0 Å². The Morgan fingerprint density at radius 3 is 3.04 bits per heavy atom. The van der Waals surface area contributed by atoms with E-state index in [1.807, 2.05) is 4.90 Å². The molecule has 5 nitrogen and oxygen atoms in total. The highest BCUT2D eigenvalue weighted by atomic mass is 32.1. The Morgan fingerprint density at radius 2 is 2.39 bits per heavy atom. The van der Waals surface area contributed by atoms with E-state index in [1.165, 1.54) is 4.88 Å². The molecule has 0 radical (unpaired) electrons. The number of carbonyl (C=O) groups is 1. The maximum atomic E-state index is 11.6. The number of likely N-dealkylation sites (N-methyl/N-ethyl adjacent to an activating group) is 1.